The third kappa shape index (κ3) is 3.53. The molecule has 0 fully saturated rings. The summed E-state index contributed by atoms with van der Waals surface area (Å²) >= 11 is 5.15. The molecule has 0 heterocycles. The number of anilines is 2. The molecule has 0 saturated carbocycles. The number of hydrogen-bond acceptors (Lipinski definition) is 1. The second-order valence-corrected chi connectivity index (χ2v) is 4.36. The number of thiocarbonyl (C=S) groups is 1. The van der Waals surface area contributed by atoms with Crippen LogP contribution in [0.5, 0.6) is 0 Å². The van der Waals surface area contributed by atoms with Gasteiger partial charge in [0.15, 0.2) is 5.11 Å². The summed E-state index contributed by atoms with van der Waals surface area (Å²) < 4.78 is 13.0. The second kappa shape index (κ2) is 5.60. The monoisotopic (exact) mass is 260 g/mol. The Labute approximate surface area is 111 Å². The van der Waals surface area contributed by atoms with Crippen LogP contribution in [0.25, 0.3) is 0 Å². The highest BCUT2D eigenvalue weighted by molar-refractivity contribution is 7.80. The van der Waals surface area contributed by atoms with Gasteiger partial charge in [0.1, 0.15) is 5.82 Å². The van der Waals surface area contributed by atoms with Gasteiger partial charge in [0.05, 0.1) is 0 Å². The minimum Gasteiger partial charge on any atom is -0.332 e. The summed E-state index contributed by atoms with van der Waals surface area (Å²) in [5.41, 5.74) is 2.71. The van der Waals surface area contributed by atoms with Crippen LogP contribution in [0.2, 0.25) is 0 Å². The molecule has 18 heavy (non-hydrogen) atoms. The van der Waals surface area contributed by atoms with E-state index in [9.17, 15) is 4.39 Å². The van der Waals surface area contributed by atoms with Crippen LogP contribution in [-0.2, 0) is 0 Å². The van der Waals surface area contributed by atoms with Crippen LogP contribution in [0.1, 0.15) is 5.56 Å². The average Bonchev–Trinajstić information content (AvgIpc) is 2.32. The molecule has 2 nitrogen and oxygen atoms in total. The van der Waals surface area contributed by atoms with Gasteiger partial charge >= 0.3 is 0 Å². The standard InChI is InChI=1S/C14H13FN2S/c1-10-5-7-12(8-6-10)16-14(18)17-13-4-2-3-11(15)9-13/h2-9H,1H3,(H2,16,17,18). The first-order valence-corrected chi connectivity index (χ1v) is 5.94. The van der Waals surface area contributed by atoms with E-state index in [0.717, 1.165) is 5.69 Å². The first kappa shape index (κ1) is 12.5. The van der Waals surface area contributed by atoms with Crippen LogP contribution in [0.3, 0.4) is 0 Å². The van der Waals surface area contributed by atoms with E-state index < -0.39 is 0 Å². The summed E-state index contributed by atoms with van der Waals surface area (Å²) in [4.78, 5) is 0. The molecule has 2 aromatic carbocycles. The van der Waals surface area contributed by atoms with Gasteiger partial charge in [-0.3, -0.25) is 0 Å². The molecule has 0 aliphatic heterocycles. The lowest BCUT2D eigenvalue weighted by Gasteiger charge is -2.10. The zero-order valence-electron chi connectivity index (χ0n) is 9.91. The van der Waals surface area contributed by atoms with Crippen LogP contribution in [0.15, 0.2) is 48.5 Å². The molecule has 2 rings (SSSR count). The Balaban J connectivity index is 1.98. The Bertz CT molecular complexity index is 552. The average molecular weight is 260 g/mol. The fourth-order valence-corrected chi connectivity index (χ4v) is 1.73. The molecule has 0 spiro atoms. The smallest absolute Gasteiger partial charge is 0.175 e. The Morgan fingerprint density at radius 3 is 2.33 bits per heavy atom. The summed E-state index contributed by atoms with van der Waals surface area (Å²) in [5, 5.41) is 6.40. The van der Waals surface area contributed by atoms with Gasteiger partial charge in [-0.2, -0.15) is 0 Å². The maximum absolute atomic E-state index is 13.0. The molecule has 0 aromatic heterocycles. The Morgan fingerprint density at radius 1 is 1.00 bits per heavy atom. The molecule has 2 aromatic rings. The molecule has 4 heteroatoms. The highest BCUT2D eigenvalue weighted by Gasteiger charge is 1.99. The van der Waals surface area contributed by atoms with Crippen molar-refractivity contribution in [1.29, 1.82) is 0 Å². The molecule has 0 unspecified atom stereocenters. The molecule has 0 bridgehead atoms. The molecule has 0 radical (unpaired) electrons. The minimum atomic E-state index is -0.293. The molecular weight excluding hydrogens is 247 g/mol. The van der Waals surface area contributed by atoms with Gasteiger partial charge in [-0.05, 0) is 49.5 Å². The molecule has 0 amide bonds. The van der Waals surface area contributed by atoms with E-state index in [4.69, 9.17) is 12.2 Å². The molecular formula is C14H13FN2S. The van der Waals surface area contributed by atoms with Crippen molar-refractivity contribution in [2.24, 2.45) is 0 Å². The maximum Gasteiger partial charge on any atom is 0.175 e. The summed E-state index contributed by atoms with van der Waals surface area (Å²) in [6.45, 7) is 2.02. The lowest BCUT2D eigenvalue weighted by Crippen LogP contribution is -2.19. The first-order valence-electron chi connectivity index (χ1n) is 5.54. The summed E-state index contributed by atoms with van der Waals surface area (Å²) in [6.07, 6.45) is 0. The van der Waals surface area contributed by atoms with Crippen LogP contribution in [-0.4, -0.2) is 5.11 Å². The Morgan fingerprint density at radius 2 is 1.67 bits per heavy atom. The zero-order chi connectivity index (χ0) is 13.0. The predicted octanol–water partition coefficient (Wildman–Crippen LogP) is 3.94. The first-order chi connectivity index (χ1) is 8.63. The van der Waals surface area contributed by atoms with Crippen molar-refractivity contribution < 1.29 is 4.39 Å². The number of halogens is 1. The van der Waals surface area contributed by atoms with Crippen molar-refractivity contribution in [3.05, 3.63) is 59.9 Å². The number of hydrogen-bond donors (Lipinski definition) is 2. The van der Waals surface area contributed by atoms with Crippen molar-refractivity contribution in [3.8, 4) is 0 Å². The van der Waals surface area contributed by atoms with E-state index in [1.165, 1.54) is 17.7 Å². The number of benzene rings is 2. The van der Waals surface area contributed by atoms with E-state index >= 15 is 0 Å². The molecule has 0 saturated heterocycles. The summed E-state index contributed by atoms with van der Waals surface area (Å²) in [6, 6.07) is 14.0. The van der Waals surface area contributed by atoms with Crippen molar-refractivity contribution >= 4 is 28.7 Å². The Hall–Kier alpha value is -1.94. The summed E-state index contributed by atoms with van der Waals surface area (Å²) in [5.74, 6) is -0.293. The Kier molecular flexibility index (Phi) is 3.89. The zero-order valence-corrected chi connectivity index (χ0v) is 10.7. The van der Waals surface area contributed by atoms with Crippen molar-refractivity contribution in [2.45, 2.75) is 6.92 Å². The van der Waals surface area contributed by atoms with Gasteiger partial charge < -0.3 is 10.6 Å². The fraction of sp³-hybridized carbons (Fsp3) is 0.0714. The highest BCUT2D eigenvalue weighted by Crippen LogP contribution is 2.12. The molecule has 92 valence electrons. The largest absolute Gasteiger partial charge is 0.332 e. The normalized spacial score (nSPS) is 9.89. The minimum absolute atomic E-state index is 0.293. The number of nitrogens with one attached hydrogen (secondary N) is 2. The lowest BCUT2D eigenvalue weighted by molar-refractivity contribution is 0.628. The number of aryl methyl sites for hydroxylation is 1. The van der Waals surface area contributed by atoms with Gasteiger partial charge in [0.25, 0.3) is 0 Å². The van der Waals surface area contributed by atoms with Crippen LogP contribution >= 0.6 is 12.2 Å². The van der Waals surface area contributed by atoms with E-state index in [1.54, 1.807) is 12.1 Å². The molecule has 0 atom stereocenters. The second-order valence-electron chi connectivity index (χ2n) is 3.96. The quantitative estimate of drug-likeness (QED) is 0.800. The van der Waals surface area contributed by atoms with Crippen molar-refractivity contribution in [3.63, 3.8) is 0 Å². The maximum atomic E-state index is 13.0. The van der Waals surface area contributed by atoms with Gasteiger partial charge in [0.2, 0.25) is 0 Å². The fourth-order valence-electron chi connectivity index (χ4n) is 1.50. The highest BCUT2D eigenvalue weighted by atomic mass is 32.1. The van der Waals surface area contributed by atoms with E-state index in [2.05, 4.69) is 10.6 Å². The van der Waals surface area contributed by atoms with E-state index in [1.807, 2.05) is 31.2 Å². The van der Waals surface area contributed by atoms with Crippen LogP contribution < -0.4 is 10.6 Å². The van der Waals surface area contributed by atoms with Gasteiger partial charge in [-0.25, -0.2) is 4.39 Å². The van der Waals surface area contributed by atoms with Gasteiger partial charge in [-0.15, -0.1) is 0 Å². The number of rotatable bonds is 2. The third-order valence-electron chi connectivity index (χ3n) is 2.39. The van der Waals surface area contributed by atoms with Crippen LogP contribution in [0, 0.1) is 12.7 Å². The molecule has 0 aliphatic carbocycles. The van der Waals surface area contributed by atoms with Crippen LogP contribution in [0.4, 0.5) is 15.8 Å². The topological polar surface area (TPSA) is 24.1 Å². The lowest BCUT2D eigenvalue weighted by atomic mass is 10.2. The summed E-state index contributed by atoms with van der Waals surface area (Å²) in [7, 11) is 0. The third-order valence-corrected chi connectivity index (χ3v) is 2.60. The van der Waals surface area contributed by atoms with E-state index in [0.29, 0.717) is 10.8 Å². The predicted molar refractivity (Wildman–Crippen MR) is 77.4 cm³/mol. The van der Waals surface area contributed by atoms with Gasteiger partial charge in [0, 0.05) is 11.4 Å². The molecule has 0 aliphatic rings. The van der Waals surface area contributed by atoms with Crippen molar-refractivity contribution in [1.82, 2.24) is 0 Å². The van der Waals surface area contributed by atoms with Gasteiger partial charge in [-0.1, -0.05) is 23.8 Å². The molecule has 2 N–H and O–H groups in total. The van der Waals surface area contributed by atoms with E-state index in [-0.39, 0.29) is 5.82 Å². The SMILES string of the molecule is Cc1ccc(NC(=S)Nc2cccc(F)c2)cc1. The van der Waals surface area contributed by atoms with Crippen molar-refractivity contribution in [2.75, 3.05) is 10.6 Å².